The molecular formula is C7H16O3. The first-order valence-corrected chi connectivity index (χ1v) is 3.24. The number of hydrogen-bond acceptors (Lipinski definition) is 3. The van der Waals surface area contributed by atoms with Crippen molar-refractivity contribution < 1.29 is 14.6 Å². The minimum Gasteiger partial charge on any atom is -0.400 e. The Morgan fingerprint density at radius 3 is 2.20 bits per heavy atom. The van der Waals surface area contributed by atoms with E-state index >= 15 is 0 Å². The normalized spacial score (nSPS) is 11.2. The number of methoxy groups -OCH3 is 1. The number of rotatable bonds is 4. The highest BCUT2D eigenvalue weighted by atomic mass is 16.5. The van der Waals surface area contributed by atoms with Gasteiger partial charge in [0.05, 0.1) is 6.61 Å². The van der Waals surface area contributed by atoms with Crippen LogP contribution in [0.3, 0.4) is 0 Å². The van der Waals surface area contributed by atoms with E-state index in [0.717, 1.165) is 19.8 Å². The summed E-state index contributed by atoms with van der Waals surface area (Å²) in [5.41, 5.74) is 0. The van der Waals surface area contributed by atoms with Gasteiger partial charge in [0.25, 0.3) is 0 Å². The molecule has 0 aliphatic heterocycles. The second-order valence-electron chi connectivity index (χ2n) is 1.76. The minimum absolute atomic E-state index is 0.0972. The highest BCUT2D eigenvalue weighted by molar-refractivity contribution is 5.53. The molecule has 0 spiro atoms. The maximum atomic E-state index is 10.0. The van der Waals surface area contributed by atoms with Crippen LogP contribution in [0.25, 0.3) is 0 Å². The number of aliphatic hydroxyl groups is 1. The molecule has 0 saturated carbocycles. The summed E-state index contributed by atoms with van der Waals surface area (Å²) in [5, 5.41) is 7.00. The zero-order valence-corrected chi connectivity index (χ0v) is 6.83. The molecule has 0 bridgehead atoms. The molecule has 0 fully saturated rings. The van der Waals surface area contributed by atoms with Gasteiger partial charge in [-0.15, -0.1) is 0 Å². The highest BCUT2D eigenvalue weighted by Crippen LogP contribution is 1.96. The number of carbonyl (C=O) groups is 1. The Hall–Kier alpha value is -0.410. The number of carbonyl (C=O) groups excluding carboxylic acids is 1. The second kappa shape index (κ2) is 11.4. The van der Waals surface area contributed by atoms with E-state index in [9.17, 15) is 4.79 Å². The van der Waals surface area contributed by atoms with Gasteiger partial charge < -0.3 is 14.6 Å². The van der Waals surface area contributed by atoms with Crippen molar-refractivity contribution in [3.63, 3.8) is 0 Å². The summed E-state index contributed by atoms with van der Waals surface area (Å²) >= 11 is 0. The van der Waals surface area contributed by atoms with Gasteiger partial charge in [-0.25, -0.2) is 0 Å². The number of aldehydes is 1. The summed E-state index contributed by atoms with van der Waals surface area (Å²) in [7, 11) is 2.60. The van der Waals surface area contributed by atoms with E-state index in [1.165, 1.54) is 0 Å². The molecule has 10 heavy (non-hydrogen) atoms. The van der Waals surface area contributed by atoms with Crippen LogP contribution in [0.4, 0.5) is 0 Å². The lowest BCUT2D eigenvalue weighted by molar-refractivity contribution is -0.112. The van der Waals surface area contributed by atoms with Crippen molar-refractivity contribution in [3.05, 3.63) is 0 Å². The maximum Gasteiger partial charge on any atom is 0.125 e. The molecule has 0 amide bonds. The van der Waals surface area contributed by atoms with Crippen LogP contribution < -0.4 is 0 Å². The largest absolute Gasteiger partial charge is 0.400 e. The lowest BCUT2D eigenvalue weighted by Gasteiger charge is -2.02. The van der Waals surface area contributed by atoms with Crippen molar-refractivity contribution >= 4 is 6.29 Å². The van der Waals surface area contributed by atoms with Crippen LogP contribution >= 0.6 is 0 Å². The fourth-order valence-electron chi connectivity index (χ4n) is 0.467. The van der Waals surface area contributed by atoms with E-state index in [1.807, 2.05) is 6.92 Å². The average Bonchev–Trinajstić information content (AvgIpc) is 2.04. The Kier molecular flexibility index (Phi) is 14.0. The van der Waals surface area contributed by atoms with Crippen LogP contribution in [0.15, 0.2) is 0 Å². The van der Waals surface area contributed by atoms with Gasteiger partial charge in [-0.05, 0) is 6.42 Å². The number of ether oxygens (including phenoxy) is 1. The molecule has 62 valence electrons. The Morgan fingerprint density at radius 2 is 2.10 bits per heavy atom. The topological polar surface area (TPSA) is 46.5 Å². The minimum atomic E-state index is 0.0972. The Morgan fingerprint density at radius 1 is 1.60 bits per heavy atom. The van der Waals surface area contributed by atoms with Crippen LogP contribution in [-0.2, 0) is 9.53 Å². The molecule has 0 aromatic carbocycles. The SMILES string of the molecule is CCC(C=O)COC.CO. The molecule has 0 aliphatic carbocycles. The van der Waals surface area contributed by atoms with Crippen molar-refractivity contribution in [2.75, 3.05) is 20.8 Å². The number of aliphatic hydroxyl groups excluding tert-OH is 1. The summed E-state index contributed by atoms with van der Waals surface area (Å²) in [6.45, 7) is 2.53. The first kappa shape index (κ1) is 12.3. The zero-order chi connectivity index (χ0) is 8.41. The van der Waals surface area contributed by atoms with E-state index in [4.69, 9.17) is 9.84 Å². The number of hydrogen-bond donors (Lipinski definition) is 1. The van der Waals surface area contributed by atoms with Crippen LogP contribution in [-0.4, -0.2) is 32.2 Å². The standard InChI is InChI=1S/C6H12O2.CH4O/c1-3-6(4-7)5-8-2;1-2/h4,6H,3,5H2,1-2H3;2H,1H3. The fraction of sp³-hybridized carbons (Fsp3) is 0.857. The van der Waals surface area contributed by atoms with Crippen molar-refractivity contribution in [1.82, 2.24) is 0 Å². The molecule has 3 nitrogen and oxygen atoms in total. The first-order chi connectivity index (χ1) is 4.85. The quantitative estimate of drug-likeness (QED) is 0.589. The van der Waals surface area contributed by atoms with Crippen molar-refractivity contribution in [1.29, 1.82) is 0 Å². The third-order valence-corrected chi connectivity index (χ3v) is 1.10. The third kappa shape index (κ3) is 7.59. The summed E-state index contributed by atoms with van der Waals surface area (Å²) in [6, 6.07) is 0. The average molecular weight is 148 g/mol. The smallest absolute Gasteiger partial charge is 0.125 e. The molecule has 0 aromatic rings. The Balaban J connectivity index is 0. The Labute approximate surface area is 62.0 Å². The molecule has 0 aromatic heterocycles. The van der Waals surface area contributed by atoms with Gasteiger partial charge in [0.1, 0.15) is 6.29 Å². The van der Waals surface area contributed by atoms with Crippen molar-refractivity contribution in [2.45, 2.75) is 13.3 Å². The Bertz CT molecular complexity index is 63.9. The lowest BCUT2D eigenvalue weighted by atomic mass is 10.1. The summed E-state index contributed by atoms with van der Waals surface area (Å²) < 4.78 is 4.75. The van der Waals surface area contributed by atoms with Gasteiger partial charge in [-0.2, -0.15) is 0 Å². The van der Waals surface area contributed by atoms with Crippen LogP contribution in [0.1, 0.15) is 13.3 Å². The van der Waals surface area contributed by atoms with Crippen LogP contribution in [0.2, 0.25) is 0 Å². The van der Waals surface area contributed by atoms with E-state index in [-0.39, 0.29) is 5.92 Å². The molecule has 1 atom stereocenters. The van der Waals surface area contributed by atoms with E-state index in [0.29, 0.717) is 6.61 Å². The van der Waals surface area contributed by atoms with E-state index in [2.05, 4.69) is 0 Å². The molecule has 0 radical (unpaired) electrons. The molecule has 0 heterocycles. The fourth-order valence-corrected chi connectivity index (χ4v) is 0.467. The van der Waals surface area contributed by atoms with Gasteiger partial charge in [0.15, 0.2) is 0 Å². The summed E-state index contributed by atoms with van der Waals surface area (Å²) in [6.07, 6.45) is 1.81. The highest BCUT2D eigenvalue weighted by Gasteiger charge is 2.00. The van der Waals surface area contributed by atoms with Crippen LogP contribution in [0, 0.1) is 5.92 Å². The van der Waals surface area contributed by atoms with E-state index < -0.39 is 0 Å². The molecule has 0 aliphatic rings. The van der Waals surface area contributed by atoms with Gasteiger partial charge in [0, 0.05) is 20.1 Å². The van der Waals surface area contributed by atoms with Gasteiger partial charge >= 0.3 is 0 Å². The van der Waals surface area contributed by atoms with Gasteiger partial charge in [-0.3, -0.25) is 0 Å². The second-order valence-corrected chi connectivity index (χ2v) is 1.76. The molecule has 1 N–H and O–H groups in total. The van der Waals surface area contributed by atoms with Gasteiger partial charge in [0.2, 0.25) is 0 Å². The zero-order valence-electron chi connectivity index (χ0n) is 6.83. The van der Waals surface area contributed by atoms with Gasteiger partial charge in [-0.1, -0.05) is 6.92 Å². The monoisotopic (exact) mass is 148 g/mol. The molecule has 3 heteroatoms. The van der Waals surface area contributed by atoms with Crippen molar-refractivity contribution in [3.8, 4) is 0 Å². The predicted octanol–water partition coefficient (Wildman–Crippen LogP) is 0.466. The molecule has 0 rings (SSSR count). The molecular weight excluding hydrogens is 132 g/mol. The lowest BCUT2D eigenvalue weighted by Crippen LogP contribution is -2.07. The summed E-state index contributed by atoms with van der Waals surface area (Å²) in [5.74, 6) is 0.0972. The van der Waals surface area contributed by atoms with Crippen LogP contribution in [0.5, 0.6) is 0 Å². The third-order valence-electron chi connectivity index (χ3n) is 1.10. The summed E-state index contributed by atoms with van der Waals surface area (Å²) in [4.78, 5) is 10.0. The van der Waals surface area contributed by atoms with Crippen molar-refractivity contribution in [2.24, 2.45) is 5.92 Å². The van der Waals surface area contributed by atoms with E-state index in [1.54, 1.807) is 7.11 Å². The predicted molar refractivity (Wildman–Crippen MR) is 39.9 cm³/mol. The first-order valence-electron chi connectivity index (χ1n) is 3.24. The maximum absolute atomic E-state index is 10.0. The molecule has 1 unspecified atom stereocenters. The molecule has 0 saturated heterocycles.